The number of benzene rings is 2. The molecule has 1 N–H and O–H groups in total. The summed E-state index contributed by atoms with van der Waals surface area (Å²) < 4.78 is 10.8. The van der Waals surface area contributed by atoms with Crippen LogP contribution in [0.1, 0.15) is 21.7 Å². The Morgan fingerprint density at radius 1 is 1.20 bits per heavy atom. The van der Waals surface area contributed by atoms with Crippen LogP contribution >= 0.6 is 0 Å². The lowest BCUT2D eigenvalue weighted by molar-refractivity contribution is -0.384. The minimum Gasteiger partial charge on any atom is -0.451 e. The van der Waals surface area contributed by atoms with Crippen molar-refractivity contribution in [3.05, 3.63) is 69.5 Å². The van der Waals surface area contributed by atoms with E-state index in [9.17, 15) is 14.9 Å². The molecule has 30 heavy (non-hydrogen) atoms. The third-order valence-electron chi connectivity index (χ3n) is 4.93. The molecule has 3 aromatic rings. The molecule has 154 valence electrons. The number of non-ortho nitro benzene ring substituents is 1. The second-order valence-electron chi connectivity index (χ2n) is 6.93. The maximum Gasteiger partial charge on any atom is 0.307 e. The van der Waals surface area contributed by atoms with E-state index in [-0.39, 0.29) is 11.4 Å². The van der Waals surface area contributed by atoms with Crippen LogP contribution in [0.25, 0.3) is 11.0 Å². The summed E-state index contributed by atoms with van der Waals surface area (Å²) in [5, 5.41) is 15.4. The maximum atomic E-state index is 12.3. The van der Waals surface area contributed by atoms with Gasteiger partial charge >= 0.3 is 5.91 Å². The molecule has 9 heteroatoms. The molecule has 0 aliphatic carbocycles. The fraction of sp³-hybridized carbons (Fsp3) is 0.238. The lowest BCUT2D eigenvalue weighted by atomic mass is 10.1. The van der Waals surface area contributed by atoms with Crippen LogP contribution in [0.4, 0.5) is 11.4 Å². The van der Waals surface area contributed by atoms with Crippen LogP contribution in [0.3, 0.4) is 0 Å². The monoisotopic (exact) mass is 408 g/mol. The first-order valence-electron chi connectivity index (χ1n) is 9.46. The predicted molar refractivity (Wildman–Crippen MR) is 112 cm³/mol. The van der Waals surface area contributed by atoms with Gasteiger partial charge in [-0.25, -0.2) is 5.43 Å². The highest BCUT2D eigenvalue weighted by atomic mass is 16.6. The summed E-state index contributed by atoms with van der Waals surface area (Å²) in [7, 11) is 0. The van der Waals surface area contributed by atoms with Crippen LogP contribution in [0.15, 0.2) is 52.0 Å². The lowest BCUT2D eigenvalue weighted by Crippen LogP contribution is -2.36. The second kappa shape index (κ2) is 8.34. The second-order valence-corrected chi connectivity index (χ2v) is 6.93. The van der Waals surface area contributed by atoms with Crippen LogP contribution in [0, 0.1) is 17.0 Å². The van der Waals surface area contributed by atoms with Gasteiger partial charge in [-0.3, -0.25) is 14.9 Å². The van der Waals surface area contributed by atoms with E-state index in [0.29, 0.717) is 11.0 Å². The molecule has 0 radical (unpaired) electrons. The van der Waals surface area contributed by atoms with Gasteiger partial charge in [0, 0.05) is 36.3 Å². The Balaban J connectivity index is 1.43. The Morgan fingerprint density at radius 2 is 2.00 bits per heavy atom. The highest BCUT2D eigenvalue weighted by Crippen LogP contribution is 2.24. The highest BCUT2D eigenvalue weighted by molar-refractivity contribution is 5.97. The van der Waals surface area contributed by atoms with Gasteiger partial charge in [0.15, 0.2) is 5.76 Å². The summed E-state index contributed by atoms with van der Waals surface area (Å²) in [4.78, 5) is 24.9. The average Bonchev–Trinajstić information content (AvgIpc) is 3.19. The van der Waals surface area contributed by atoms with Crippen molar-refractivity contribution in [2.75, 3.05) is 31.2 Å². The quantitative estimate of drug-likeness (QED) is 0.394. The number of nitrogens with zero attached hydrogens (tertiary/aromatic N) is 3. The normalized spacial score (nSPS) is 14.4. The number of nitro groups is 1. The molecule has 0 spiro atoms. The van der Waals surface area contributed by atoms with Crippen LogP contribution in [-0.4, -0.2) is 43.3 Å². The molecule has 0 unspecified atom stereocenters. The number of rotatable bonds is 5. The van der Waals surface area contributed by atoms with Crippen molar-refractivity contribution in [2.24, 2.45) is 5.10 Å². The van der Waals surface area contributed by atoms with Gasteiger partial charge in [0.1, 0.15) is 5.58 Å². The van der Waals surface area contributed by atoms with Crippen molar-refractivity contribution in [3.63, 3.8) is 0 Å². The minimum absolute atomic E-state index is 0.0297. The molecular formula is C21H20N4O5. The number of carbonyl (C=O) groups is 1. The van der Waals surface area contributed by atoms with Crippen LogP contribution in [0.2, 0.25) is 0 Å². The van der Waals surface area contributed by atoms with Crippen molar-refractivity contribution in [3.8, 4) is 0 Å². The van der Waals surface area contributed by atoms with Gasteiger partial charge in [-0.1, -0.05) is 6.07 Å². The number of aryl methyl sites for hydroxylation is 1. The summed E-state index contributed by atoms with van der Waals surface area (Å²) in [5.74, 6) is -0.505. The lowest BCUT2D eigenvalue weighted by Gasteiger charge is -2.29. The first-order valence-corrected chi connectivity index (χ1v) is 9.46. The number of amides is 1. The van der Waals surface area contributed by atoms with Crippen LogP contribution in [-0.2, 0) is 4.74 Å². The predicted octanol–water partition coefficient (Wildman–Crippen LogP) is 3.25. The van der Waals surface area contributed by atoms with Crippen molar-refractivity contribution in [2.45, 2.75) is 6.92 Å². The molecule has 0 bridgehead atoms. The van der Waals surface area contributed by atoms with Crippen LogP contribution < -0.4 is 10.3 Å². The molecule has 2 aromatic carbocycles. The zero-order valence-corrected chi connectivity index (χ0v) is 16.3. The molecule has 1 fully saturated rings. The Bertz CT molecular complexity index is 1130. The summed E-state index contributed by atoms with van der Waals surface area (Å²) >= 11 is 0. The Morgan fingerprint density at radius 3 is 2.73 bits per heavy atom. The first kappa shape index (κ1) is 19.6. The molecule has 1 aromatic heterocycles. The standard InChI is InChI=1S/C21H20N4O5/c1-14-10-17(24-6-8-29-9-7-24)3-2-15(14)13-22-23-21(26)20-12-16-11-18(25(27)28)4-5-19(16)30-20/h2-5,10-13H,6-9H2,1H3,(H,23,26)/b22-13-. The Labute approximate surface area is 172 Å². The van der Waals surface area contributed by atoms with E-state index >= 15 is 0 Å². The molecule has 0 saturated carbocycles. The van der Waals surface area contributed by atoms with Gasteiger partial charge in [0.25, 0.3) is 5.69 Å². The third kappa shape index (κ3) is 4.15. The third-order valence-corrected chi connectivity index (χ3v) is 4.93. The zero-order valence-electron chi connectivity index (χ0n) is 16.3. The molecule has 1 aliphatic heterocycles. The fourth-order valence-electron chi connectivity index (χ4n) is 3.29. The number of nitrogens with one attached hydrogen (secondary N) is 1. The van der Waals surface area contributed by atoms with E-state index in [1.165, 1.54) is 24.3 Å². The topological polar surface area (TPSA) is 110 Å². The molecule has 1 saturated heterocycles. The van der Waals surface area contributed by atoms with E-state index in [1.54, 1.807) is 6.21 Å². The van der Waals surface area contributed by atoms with Crippen molar-refractivity contribution >= 4 is 34.5 Å². The van der Waals surface area contributed by atoms with Crippen molar-refractivity contribution in [1.29, 1.82) is 0 Å². The SMILES string of the molecule is Cc1cc(N2CCOCC2)ccc1/C=N\NC(=O)c1cc2cc([N+](=O)[O-])ccc2o1. The van der Waals surface area contributed by atoms with Crippen LogP contribution in [0.5, 0.6) is 0 Å². The Kier molecular flexibility index (Phi) is 5.44. The molecule has 1 amide bonds. The van der Waals surface area contributed by atoms with E-state index < -0.39 is 10.8 Å². The molecular weight excluding hydrogens is 388 g/mol. The number of hydrogen-bond acceptors (Lipinski definition) is 7. The number of carbonyl (C=O) groups excluding carboxylic acids is 1. The minimum atomic E-state index is -0.535. The molecule has 4 rings (SSSR count). The summed E-state index contributed by atoms with van der Waals surface area (Å²) in [5.41, 5.74) is 5.80. The molecule has 2 heterocycles. The van der Waals surface area contributed by atoms with E-state index in [0.717, 1.165) is 43.1 Å². The maximum absolute atomic E-state index is 12.3. The van der Waals surface area contributed by atoms with Gasteiger partial charge in [-0.05, 0) is 42.3 Å². The number of anilines is 1. The average molecular weight is 408 g/mol. The molecule has 9 nitrogen and oxygen atoms in total. The smallest absolute Gasteiger partial charge is 0.307 e. The summed E-state index contributed by atoms with van der Waals surface area (Å²) in [6.07, 6.45) is 1.57. The van der Waals surface area contributed by atoms with Gasteiger partial charge in [0.2, 0.25) is 0 Å². The first-order chi connectivity index (χ1) is 14.5. The number of ether oxygens (including phenoxy) is 1. The molecule has 0 atom stereocenters. The number of hydrazone groups is 1. The summed E-state index contributed by atoms with van der Waals surface area (Å²) in [6, 6.07) is 11.7. The highest BCUT2D eigenvalue weighted by Gasteiger charge is 2.15. The molecule has 1 aliphatic rings. The number of furan rings is 1. The zero-order chi connectivity index (χ0) is 21.1. The summed E-state index contributed by atoms with van der Waals surface area (Å²) in [6.45, 7) is 5.17. The van der Waals surface area contributed by atoms with E-state index in [1.807, 2.05) is 19.1 Å². The Hall–Kier alpha value is -3.72. The largest absolute Gasteiger partial charge is 0.451 e. The van der Waals surface area contributed by atoms with Gasteiger partial charge in [-0.15, -0.1) is 0 Å². The van der Waals surface area contributed by atoms with Crippen molar-refractivity contribution in [1.82, 2.24) is 5.43 Å². The fourth-order valence-corrected chi connectivity index (χ4v) is 3.29. The van der Waals surface area contributed by atoms with E-state index in [2.05, 4.69) is 21.5 Å². The number of morpholine rings is 1. The van der Waals surface area contributed by atoms with E-state index in [4.69, 9.17) is 9.15 Å². The van der Waals surface area contributed by atoms with Gasteiger partial charge in [0.05, 0.1) is 24.4 Å². The van der Waals surface area contributed by atoms with Gasteiger partial charge < -0.3 is 14.1 Å². The van der Waals surface area contributed by atoms with Crippen molar-refractivity contribution < 1.29 is 18.9 Å². The number of nitro benzene ring substituents is 1. The number of hydrogen-bond donors (Lipinski definition) is 1. The van der Waals surface area contributed by atoms with Gasteiger partial charge in [-0.2, -0.15) is 5.10 Å². The number of fused-ring (bicyclic) bond motifs is 1.